The van der Waals surface area contributed by atoms with E-state index in [1.807, 2.05) is 0 Å². The number of carboxylic acids is 1. The summed E-state index contributed by atoms with van der Waals surface area (Å²) in [6.45, 7) is 0.218. The standard InChI is InChI=1S/C13H9ClF3NO2S/c14-9-2-8(13(15,16)17)3-10(4-9)18-5-11-1-7(6-21-11)12(19)20/h1-4,6,18H,5H2,(H,19,20). The summed E-state index contributed by atoms with van der Waals surface area (Å²) < 4.78 is 38.0. The SMILES string of the molecule is O=C(O)c1csc(CNc2cc(Cl)cc(C(F)(F)F)c2)c1. The Morgan fingerprint density at radius 1 is 1.29 bits per heavy atom. The normalized spacial score (nSPS) is 11.4. The van der Waals surface area contributed by atoms with E-state index < -0.39 is 17.7 Å². The predicted octanol–water partition coefficient (Wildman–Crippen LogP) is 4.73. The van der Waals surface area contributed by atoms with Gasteiger partial charge in [-0.05, 0) is 24.3 Å². The molecule has 0 bridgehead atoms. The topological polar surface area (TPSA) is 49.3 Å². The van der Waals surface area contributed by atoms with Crippen LogP contribution in [0.4, 0.5) is 18.9 Å². The molecule has 0 radical (unpaired) electrons. The van der Waals surface area contributed by atoms with Gasteiger partial charge in [-0.2, -0.15) is 13.2 Å². The molecule has 0 aliphatic carbocycles. The molecular weight excluding hydrogens is 327 g/mol. The Bertz CT molecular complexity index is 670. The summed E-state index contributed by atoms with van der Waals surface area (Å²) in [6.07, 6.45) is -4.47. The van der Waals surface area contributed by atoms with E-state index in [1.54, 1.807) is 0 Å². The van der Waals surface area contributed by atoms with Crippen LogP contribution in [0.1, 0.15) is 20.8 Å². The molecule has 0 saturated heterocycles. The molecule has 0 amide bonds. The van der Waals surface area contributed by atoms with E-state index in [0.717, 1.165) is 12.1 Å². The lowest BCUT2D eigenvalue weighted by atomic mass is 10.2. The maximum atomic E-state index is 12.7. The third-order valence-corrected chi connectivity index (χ3v) is 3.75. The highest BCUT2D eigenvalue weighted by Crippen LogP contribution is 2.33. The number of thiophene rings is 1. The van der Waals surface area contributed by atoms with Crippen molar-refractivity contribution in [1.82, 2.24) is 0 Å². The van der Waals surface area contributed by atoms with Crippen molar-refractivity contribution in [3.05, 3.63) is 50.7 Å². The highest BCUT2D eigenvalue weighted by Gasteiger charge is 2.31. The second-order valence-electron chi connectivity index (χ2n) is 4.19. The minimum Gasteiger partial charge on any atom is -0.478 e. The van der Waals surface area contributed by atoms with Crippen molar-refractivity contribution in [2.45, 2.75) is 12.7 Å². The lowest BCUT2D eigenvalue weighted by molar-refractivity contribution is -0.137. The van der Waals surface area contributed by atoms with E-state index in [0.29, 0.717) is 4.88 Å². The van der Waals surface area contributed by atoms with Crippen molar-refractivity contribution in [1.29, 1.82) is 0 Å². The molecule has 2 N–H and O–H groups in total. The lowest BCUT2D eigenvalue weighted by Crippen LogP contribution is -2.06. The maximum absolute atomic E-state index is 12.7. The number of hydrogen-bond donors (Lipinski definition) is 2. The molecule has 3 nitrogen and oxygen atoms in total. The molecule has 0 saturated carbocycles. The van der Waals surface area contributed by atoms with E-state index in [1.165, 1.54) is 28.8 Å². The summed E-state index contributed by atoms with van der Waals surface area (Å²) in [7, 11) is 0. The molecule has 0 aliphatic rings. The Hall–Kier alpha value is -1.73. The van der Waals surface area contributed by atoms with E-state index in [-0.39, 0.29) is 22.8 Å². The monoisotopic (exact) mass is 335 g/mol. The van der Waals surface area contributed by atoms with Crippen molar-refractivity contribution in [2.24, 2.45) is 0 Å². The largest absolute Gasteiger partial charge is 0.478 e. The van der Waals surface area contributed by atoms with Crippen LogP contribution in [0.2, 0.25) is 5.02 Å². The fourth-order valence-corrected chi connectivity index (χ4v) is 2.66. The zero-order chi connectivity index (χ0) is 15.6. The van der Waals surface area contributed by atoms with Gasteiger partial charge in [-0.25, -0.2) is 4.79 Å². The van der Waals surface area contributed by atoms with Gasteiger partial charge in [0, 0.05) is 27.5 Å². The maximum Gasteiger partial charge on any atom is 0.416 e. The second-order valence-corrected chi connectivity index (χ2v) is 5.62. The first-order chi connectivity index (χ1) is 9.75. The average Bonchev–Trinajstić information content (AvgIpc) is 2.83. The third kappa shape index (κ3) is 4.12. The first kappa shape index (κ1) is 15.7. The predicted molar refractivity (Wildman–Crippen MR) is 75.1 cm³/mol. The van der Waals surface area contributed by atoms with E-state index in [9.17, 15) is 18.0 Å². The van der Waals surface area contributed by atoms with Gasteiger partial charge in [0.15, 0.2) is 0 Å². The van der Waals surface area contributed by atoms with Gasteiger partial charge in [0.25, 0.3) is 0 Å². The van der Waals surface area contributed by atoms with Crippen LogP contribution < -0.4 is 5.32 Å². The zero-order valence-electron chi connectivity index (χ0n) is 10.4. The zero-order valence-corrected chi connectivity index (χ0v) is 11.9. The number of nitrogens with one attached hydrogen (secondary N) is 1. The molecule has 2 aromatic rings. The summed E-state index contributed by atoms with van der Waals surface area (Å²) in [5, 5.41) is 13.0. The molecule has 21 heavy (non-hydrogen) atoms. The number of carbonyl (C=O) groups is 1. The van der Waals surface area contributed by atoms with Crippen LogP contribution >= 0.6 is 22.9 Å². The quantitative estimate of drug-likeness (QED) is 0.849. The number of aromatic carboxylic acids is 1. The van der Waals surface area contributed by atoms with Gasteiger partial charge in [0.1, 0.15) is 0 Å². The molecule has 1 aromatic heterocycles. The second kappa shape index (κ2) is 5.95. The Kier molecular flexibility index (Phi) is 4.43. The minimum absolute atomic E-state index is 0.0234. The van der Waals surface area contributed by atoms with Crippen LogP contribution in [0.5, 0.6) is 0 Å². The first-order valence-corrected chi connectivity index (χ1v) is 6.94. The Morgan fingerprint density at radius 2 is 2.00 bits per heavy atom. The van der Waals surface area contributed by atoms with Crippen LogP contribution in [0.25, 0.3) is 0 Å². The van der Waals surface area contributed by atoms with E-state index in [2.05, 4.69) is 5.32 Å². The van der Waals surface area contributed by atoms with Crippen molar-refractivity contribution < 1.29 is 23.1 Å². The van der Waals surface area contributed by atoms with Crippen molar-refractivity contribution >= 4 is 34.6 Å². The van der Waals surface area contributed by atoms with Crippen LogP contribution in [-0.4, -0.2) is 11.1 Å². The van der Waals surface area contributed by atoms with Crippen LogP contribution in [0.15, 0.2) is 29.6 Å². The summed E-state index contributed by atoms with van der Waals surface area (Å²) in [6, 6.07) is 4.65. The van der Waals surface area contributed by atoms with Gasteiger partial charge in [0.2, 0.25) is 0 Å². The van der Waals surface area contributed by atoms with Gasteiger partial charge >= 0.3 is 12.1 Å². The molecule has 0 fully saturated rings. The highest BCUT2D eigenvalue weighted by molar-refractivity contribution is 7.10. The smallest absolute Gasteiger partial charge is 0.416 e. The molecule has 1 heterocycles. The van der Waals surface area contributed by atoms with Gasteiger partial charge in [0.05, 0.1) is 11.1 Å². The molecule has 112 valence electrons. The van der Waals surface area contributed by atoms with Gasteiger partial charge < -0.3 is 10.4 Å². The highest BCUT2D eigenvalue weighted by atomic mass is 35.5. The number of benzene rings is 1. The molecule has 0 aliphatic heterocycles. The number of rotatable bonds is 4. The van der Waals surface area contributed by atoms with Crippen LogP contribution in [-0.2, 0) is 12.7 Å². The first-order valence-electron chi connectivity index (χ1n) is 5.68. The van der Waals surface area contributed by atoms with Crippen LogP contribution in [0.3, 0.4) is 0 Å². The summed E-state index contributed by atoms with van der Waals surface area (Å²) >= 11 is 6.88. The summed E-state index contributed by atoms with van der Waals surface area (Å²) in [4.78, 5) is 11.4. The minimum atomic E-state index is -4.47. The molecular formula is C13H9ClF3NO2S. The van der Waals surface area contributed by atoms with Gasteiger partial charge in [-0.15, -0.1) is 11.3 Å². The van der Waals surface area contributed by atoms with Crippen LogP contribution in [0, 0.1) is 0 Å². The number of halogens is 4. The Labute approximate surface area is 127 Å². The van der Waals surface area contributed by atoms with Gasteiger partial charge in [-0.3, -0.25) is 0 Å². The van der Waals surface area contributed by atoms with Gasteiger partial charge in [-0.1, -0.05) is 11.6 Å². The third-order valence-electron chi connectivity index (χ3n) is 2.59. The number of alkyl halides is 3. The Balaban J connectivity index is 2.12. The fourth-order valence-electron chi connectivity index (χ4n) is 1.63. The lowest BCUT2D eigenvalue weighted by Gasteiger charge is -2.11. The molecule has 1 aromatic carbocycles. The molecule has 0 spiro atoms. The molecule has 0 unspecified atom stereocenters. The van der Waals surface area contributed by atoms with Crippen molar-refractivity contribution in [3.63, 3.8) is 0 Å². The number of anilines is 1. The Morgan fingerprint density at radius 3 is 2.57 bits per heavy atom. The van der Waals surface area contributed by atoms with E-state index >= 15 is 0 Å². The average molecular weight is 336 g/mol. The number of hydrogen-bond acceptors (Lipinski definition) is 3. The van der Waals surface area contributed by atoms with Crippen molar-refractivity contribution in [2.75, 3.05) is 5.32 Å². The summed E-state index contributed by atoms with van der Waals surface area (Å²) in [5.74, 6) is -1.04. The van der Waals surface area contributed by atoms with Crippen molar-refractivity contribution in [3.8, 4) is 0 Å². The fraction of sp³-hybridized carbons (Fsp3) is 0.154. The molecule has 8 heteroatoms. The number of carboxylic acid groups (broad SMARTS) is 1. The molecule has 0 atom stereocenters. The summed E-state index contributed by atoms with van der Waals surface area (Å²) in [5.41, 5.74) is -0.464. The molecule has 2 rings (SSSR count). The van der Waals surface area contributed by atoms with E-state index in [4.69, 9.17) is 16.7 Å².